The number of methoxy groups -OCH3 is 1. The van der Waals surface area contributed by atoms with Gasteiger partial charge in [0, 0.05) is 0 Å². The van der Waals surface area contributed by atoms with Crippen LogP contribution in [0.25, 0.3) is 15.8 Å². The summed E-state index contributed by atoms with van der Waals surface area (Å²) in [6.07, 6.45) is 0. The minimum atomic E-state index is -3.75. The minimum absolute atomic E-state index is 0.00655. The molecule has 0 aliphatic rings. The molecule has 8 heteroatoms. The van der Waals surface area contributed by atoms with Gasteiger partial charge < -0.3 is 4.74 Å². The Hall–Kier alpha value is -2.16. The highest BCUT2D eigenvalue weighted by Crippen LogP contribution is 2.24. The van der Waals surface area contributed by atoms with Crippen LogP contribution in [0.2, 0.25) is 0 Å². The standard InChI is InChI=1S/C14H12N2O4S2/c1-20-10-4-7-13-12(8-10)14(17)16(21-13)9-2-5-11(6-3-9)22(15,18)19/h2-8H,1H3,(H2,15,18,19). The molecule has 0 unspecified atom stereocenters. The lowest BCUT2D eigenvalue weighted by atomic mass is 10.2. The number of rotatable bonds is 3. The van der Waals surface area contributed by atoms with Crippen LogP contribution in [0.15, 0.2) is 52.2 Å². The Morgan fingerprint density at radius 3 is 2.41 bits per heavy atom. The van der Waals surface area contributed by atoms with E-state index in [0.29, 0.717) is 16.8 Å². The molecule has 2 aromatic carbocycles. The summed E-state index contributed by atoms with van der Waals surface area (Å²) in [7, 11) is -2.21. The van der Waals surface area contributed by atoms with E-state index >= 15 is 0 Å². The molecular formula is C14H12N2O4S2. The molecule has 0 bridgehead atoms. The van der Waals surface area contributed by atoms with E-state index in [0.717, 1.165) is 4.70 Å². The molecule has 114 valence electrons. The second-order valence-electron chi connectivity index (χ2n) is 4.59. The summed E-state index contributed by atoms with van der Waals surface area (Å²) in [6, 6.07) is 11.1. The number of aromatic nitrogens is 1. The molecule has 0 atom stereocenters. The first kappa shape index (κ1) is 14.8. The van der Waals surface area contributed by atoms with E-state index in [-0.39, 0.29) is 10.5 Å². The van der Waals surface area contributed by atoms with Crippen LogP contribution in [0.1, 0.15) is 0 Å². The highest BCUT2D eigenvalue weighted by atomic mass is 32.2. The smallest absolute Gasteiger partial charge is 0.273 e. The van der Waals surface area contributed by atoms with Crippen LogP contribution in [0.5, 0.6) is 5.75 Å². The summed E-state index contributed by atoms with van der Waals surface area (Å²) in [5.41, 5.74) is 0.403. The summed E-state index contributed by atoms with van der Waals surface area (Å²) in [4.78, 5) is 12.5. The molecule has 6 nitrogen and oxygen atoms in total. The second-order valence-corrected chi connectivity index (χ2v) is 7.14. The number of primary sulfonamides is 1. The molecule has 3 rings (SSSR count). The zero-order valence-corrected chi connectivity index (χ0v) is 13.1. The molecule has 2 N–H and O–H groups in total. The number of hydrogen-bond donors (Lipinski definition) is 1. The Labute approximate surface area is 130 Å². The average Bonchev–Trinajstić information content (AvgIpc) is 2.83. The largest absolute Gasteiger partial charge is 0.497 e. The highest BCUT2D eigenvalue weighted by molar-refractivity contribution is 7.89. The van der Waals surface area contributed by atoms with E-state index in [9.17, 15) is 13.2 Å². The number of benzene rings is 2. The molecule has 22 heavy (non-hydrogen) atoms. The van der Waals surface area contributed by atoms with Gasteiger partial charge in [-0.3, -0.25) is 4.79 Å². The Kier molecular flexibility index (Phi) is 3.51. The lowest BCUT2D eigenvalue weighted by Gasteiger charge is -2.01. The van der Waals surface area contributed by atoms with Gasteiger partial charge in [-0.1, -0.05) is 11.5 Å². The molecule has 0 saturated heterocycles. The van der Waals surface area contributed by atoms with Crippen molar-refractivity contribution in [1.82, 2.24) is 3.96 Å². The lowest BCUT2D eigenvalue weighted by Crippen LogP contribution is -2.13. The zero-order chi connectivity index (χ0) is 15.9. The fourth-order valence-corrected chi connectivity index (χ4v) is 3.57. The number of fused-ring (bicyclic) bond motifs is 1. The van der Waals surface area contributed by atoms with E-state index < -0.39 is 10.0 Å². The summed E-state index contributed by atoms with van der Waals surface area (Å²) >= 11 is 1.28. The van der Waals surface area contributed by atoms with Gasteiger partial charge in [0.15, 0.2) is 0 Å². The third-order valence-electron chi connectivity index (χ3n) is 3.19. The van der Waals surface area contributed by atoms with E-state index in [1.54, 1.807) is 24.3 Å². The first-order valence-corrected chi connectivity index (χ1v) is 8.55. The van der Waals surface area contributed by atoms with Crippen LogP contribution in [0.4, 0.5) is 0 Å². The van der Waals surface area contributed by atoms with Gasteiger partial charge in [0.1, 0.15) is 5.75 Å². The monoisotopic (exact) mass is 336 g/mol. The molecule has 0 fully saturated rings. The zero-order valence-electron chi connectivity index (χ0n) is 11.5. The normalized spacial score (nSPS) is 11.7. The summed E-state index contributed by atoms with van der Waals surface area (Å²) in [6.45, 7) is 0. The number of sulfonamides is 1. The number of hydrogen-bond acceptors (Lipinski definition) is 5. The van der Waals surface area contributed by atoms with Gasteiger partial charge in [-0.25, -0.2) is 17.5 Å². The maximum Gasteiger partial charge on any atom is 0.273 e. The fraction of sp³-hybridized carbons (Fsp3) is 0.0714. The van der Waals surface area contributed by atoms with Crippen LogP contribution < -0.4 is 15.4 Å². The second kappa shape index (κ2) is 5.24. The summed E-state index contributed by atoms with van der Waals surface area (Å²) < 4.78 is 30.0. The van der Waals surface area contributed by atoms with Gasteiger partial charge in [0.25, 0.3) is 5.56 Å². The van der Waals surface area contributed by atoms with Crippen molar-refractivity contribution in [3.63, 3.8) is 0 Å². The van der Waals surface area contributed by atoms with Crippen molar-refractivity contribution in [2.45, 2.75) is 4.90 Å². The molecule has 0 radical (unpaired) electrons. The fourth-order valence-electron chi connectivity index (χ4n) is 2.07. The van der Waals surface area contributed by atoms with E-state index in [4.69, 9.17) is 9.88 Å². The minimum Gasteiger partial charge on any atom is -0.497 e. The summed E-state index contributed by atoms with van der Waals surface area (Å²) in [5, 5.41) is 5.62. The van der Waals surface area contributed by atoms with E-state index in [1.807, 2.05) is 6.07 Å². The first-order chi connectivity index (χ1) is 10.4. The highest BCUT2D eigenvalue weighted by Gasteiger charge is 2.12. The van der Waals surface area contributed by atoms with E-state index in [1.165, 1.54) is 34.7 Å². The van der Waals surface area contributed by atoms with Gasteiger partial charge in [-0.05, 0) is 42.5 Å². The van der Waals surface area contributed by atoms with Gasteiger partial charge in [0.05, 0.1) is 27.8 Å². The molecule has 0 aliphatic heterocycles. The Bertz CT molecular complexity index is 1000. The first-order valence-electron chi connectivity index (χ1n) is 6.23. The van der Waals surface area contributed by atoms with E-state index in [2.05, 4.69) is 0 Å². The maximum absolute atomic E-state index is 12.5. The summed E-state index contributed by atoms with van der Waals surface area (Å²) in [5.74, 6) is 0.610. The number of nitrogens with zero attached hydrogens (tertiary/aromatic N) is 1. The SMILES string of the molecule is COc1ccc2sn(-c3ccc(S(N)(=O)=O)cc3)c(=O)c2c1. The molecule has 0 aliphatic carbocycles. The van der Waals surface area contributed by atoms with Crippen molar-refractivity contribution in [3.05, 3.63) is 52.8 Å². The molecule has 0 saturated carbocycles. The van der Waals surface area contributed by atoms with Gasteiger partial charge in [0.2, 0.25) is 10.0 Å². The molecular weight excluding hydrogens is 324 g/mol. The molecule has 1 aromatic heterocycles. The quantitative estimate of drug-likeness (QED) is 0.788. The Morgan fingerprint density at radius 1 is 1.14 bits per heavy atom. The van der Waals surface area contributed by atoms with Gasteiger partial charge in [-0.2, -0.15) is 0 Å². The molecule has 0 spiro atoms. The molecule has 0 amide bonds. The lowest BCUT2D eigenvalue weighted by molar-refractivity contribution is 0.415. The van der Waals surface area contributed by atoms with Crippen molar-refractivity contribution in [2.75, 3.05) is 7.11 Å². The van der Waals surface area contributed by atoms with Crippen molar-refractivity contribution in [3.8, 4) is 11.4 Å². The third-order valence-corrected chi connectivity index (χ3v) is 5.23. The molecule has 1 heterocycles. The Balaban J connectivity index is 2.14. The van der Waals surface area contributed by atoms with Crippen LogP contribution in [0, 0.1) is 0 Å². The average molecular weight is 336 g/mol. The van der Waals surface area contributed by atoms with Crippen LogP contribution >= 0.6 is 11.5 Å². The van der Waals surface area contributed by atoms with Crippen molar-refractivity contribution >= 4 is 31.6 Å². The molecule has 3 aromatic rings. The van der Waals surface area contributed by atoms with Crippen molar-refractivity contribution in [2.24, 2.45) is 5.14 Å². The van der Waals surface area contributed by atoms with Crippen LogP contribution in [-0.2, 0) is 10.0 Å². The Morgan fingerprint density at radius 2 is 1.82 bits per heavy atom. The predicted octanol–water partition coefficient (Wildman–Crippen LogP) is 1.71. The van der Waals surface area contributed by atoms with Crippen molar-refractivity contribution in [1.29, 1.82) is 0 Å². The number of ether oxygens (including phenoxy) is 1. The number of nitrogens with two attached hydrogens (primary N) is 1. The topological polar surface area (TPSA) is 91.4 Å². The van der Waals surface area contributed by atoms with Crippen LogP contribution in [-0.4, -0.2) is 19.5 Å². The van der Waals surface area contributed by atoms with Gasteiger partial charge in [-0.15, -0.1) is 0 Å². The van der Waals surface area contributed by atoms with Crippen molar-refractivity contribution < 1.29 is 13.2 Å². The van der Waals surface area contributed by atoms with Gasteiger partial charge >= 0.3 is 0 Å². The predicted molar refractivity (Wildman–Crippen MR) is 85.3 cm³/mol. The van der Waals surface area contributed by atoms with Crippen LogP contribution in [0.3, 0.4) is 0 Å². The maximum atomic E-state index is 12.5. The third kappa shape index (κ3) is 2.52.